The van der Waals surface area contributed by atoms with Crippen molar-refractivity contribution in [2.75, 3.05) is 13.7 Å². The normalized spacial score (nSPS) is 33.6. The number of hydrogen-bond donors (Lipinski definition) is 1. The Kier molecular flexibility index (Phi) is 4.04. The molecule has 4 heteroatoms. The second-order valence-electron chi connectivity index (χ2n) is 5.68. The Bertz CT molecular complexity index is 465. The van der Waals surface area contributed by atoms with Crippen LogP contribution >= 0.6 is 23.2 Å². The Labute approximate surface area is 124 Å². The fourth-order valence-corrected chi connectivity index (χ4v) is 3.99. The number of hydrogen-bond acceptors (Lipinski definition) is 2. The van der Waals surface area contributed by atoms with E-state index in [9.17, 15) is 0 Å². The van der Waals surface area contributed by atoms with Gasteiger partial charge in [0, 0.05) is 25.1 Å². The molecule has 2 aliphatic rings. The van der Waals surface area contributed by atoms with Gasteiger partial charge in [-0.25, -0.2) is 0 Å². The van der Waals surface area contributed by atoms with Crippen LogP contribution in [-0.2, 0) is 4.74 Å². The zero-order chi connectivity index (χ0) is 13.4. The highest BCUT2D eigenvalue weighted by Crippen LogP contribution is 2.42. The van der Waals surface area contributed by atoms with Crippen molar-refractivity contribution < 1.29 is 4.74 Å². The van der Waals surface area contributed by atoms with E-state index in [-0.39, 0.29) is 0 Å². The number of nitrogens with one attached hydrogen (secondary N) is 1. The van der Waals surface area contributed by atoms with Crippen LogP contribution in [0.5, 0.6) is 0 Å². The lowest BCUT2D eigenvalue weighted by Crippen LogP contribution is -2.46. The number of ether oxygens (including phenoxy) is 1. The summed E-state index contributed by atoms with van der Waals surface area (Å²) in [6.45, 7) is 0.801. The standard InChI is InChI=1S/C15H19Cl2NO/c1-19-8-12-11(7-10-3-5-15(12)18-10)9-2-4-13(16)14(17)6-9/h2,4,6,10-12,15,18H,3,5,7-8H2,1H3. The maximum absolute atomic E-state index is 6.17. The molecular formula is C15H19Cl2NO. The number of piperidine rings is 1. The quantitative estimate of drug-likeness (QED) is 0.915. The molecule has 19 heavy (non-hydrogen) atoms. The lowest BCUT2D eigenvalue weighted by atomic mass is 9.77. The maximum atomic E-state index is 6.17. The Hall–Kier alpha value is -0.280. The Morgan fingerprint density at radius 1 is 1.26 bits per heavy atom. The molecular weight excluding hydrogens is 281 g/mol. The molecule has 0 aliphatic carbocycles. The highest BCUT2D eigenvalue weighted by molar-refractivity contribution is 6.42. The smallest absolute Gasteiger partial charge is 0.0595 e. The maximum Gasteiger partial charge on any atom is 0.0595 e. The molecule has 104 valence electrons. The third kappa shape index (κ3) is 2.64. The molecule has 2 aliphatic heterocycles. The average molecular weight is 300 g/mol. The minimum atomic E-state index is 0.522. The van der Waals surface area contributed by atoms with Crippen molar-refractivity contribution in [2.45, 2.75) is 37.3 Å². The first-order chi connectivity index (χ1) is 9.19. The molecule has 2 nitrogen and oxygen atoms in total. The molecule has 2 fully saturated rings. The number of benzene rings is 1. The van der Waals surface area contributed by atoms with Gasteiger partial charge in [0.25, 0.3) is 0 Å². The fourth-order valence-electron chi connectivity index (χ4n) is 3.69. The third-order valence-corrected chi connectivity index (χ3v) is 5.32. The molecule has 2 saturated heterocycles. The van der Waals surface area contributed by atoms with E-state index in [1.54, 1.807) is 7.11 Å². The van der Waals surface area contributed by atoms with Gasteiger partial charge in [0.2, 0.25) is 0 Å². The van der Waals surface area contributed by atoms with Crippen LogP contribution in [0.1, 0.15) is 30.7 Å². The molecule has 2 heterocycles. The van der Waals surface area contributed by atoms with Crippen LogP contribution in [-0.4, -0.2) is 25.8 Å². The van der Waals surface area contributed by atoms with Crippen LogP contribution in [0.3, 0.4) is 0 Å². The van der Waals surface area contributed by atoms with Crippen molar-refractivity contribution >= 4 is 23.2 Å². The summed E-state index contributed by atoms with van der Waals surface area (Å²) >= 11 is 12.2. The molecule has 0 saturated carbocycles. The number of fused-ring (bicyclic) bond motifs is 2. The van der Waals surface area contributed by atoms with Gasteiger partial charge in [-0.1, -0.05) is 29.3 Å². The molecule has 4 atom stereocenters. The number of halogens is 2. The van der Waals surface area contributed by atoms with Crippen LogP contribution in [0.2, 0.25) is 10.0 Å². The second kappa shape index (κ2) is 5.61. The van der Waals surface area contributed by atoms with Gasteiger partial charge in [0.15, 0.2) is 0 Å². The van der Waals surface area contributed by atoms with Gasteiger partial charge in [-0.2, -0.15) is 0 Å². The predicted octanol–water partition coefficient (Wildman–Crippen LogP) is 3.86. The third-order valence-electron chi connectivity index (χ3n) is 4.58. The SMILES string of the molecule is COCC1C2CCC(CC1c1ccc(Cl)c(Cl)c1)N2. The monoisotopic (exact) mass is 299 g/mol. The minimum absolute atomic E-state index is 0.522. The van der Waals surface area contributed by atoms with Gasteiger partial charge < -0.3 is 10.1 Å². The van der Waals surface area contributed by atoms with Crippen LogP contribution in [0.15, 0.2) is 18.2 Å². The zero-order valence-corrected chi connectivity index (χ0v) is 12.5. The van der Waals surface area contributed by atoms with E-state index >= 15 is 0 Å². The summed E-state index contributed by atoms with van der Waals surface area (Å²) in [5.41, 5.74) is 1.30. The highest BCUT2D eigenvalue weighted by atomic mass is 35.5. The molecule has 3 rings (SSSR count). The molecule has 1 N–H and O–H groups in total. The van der Waals surface area contributed by atoms with Gasteiger partial charge in [-0.05, 0) is 42.9 Å². The Morgan fingerprint density at radius 3 is 2.84 bits per heavy atom. The van der Waals surface area contributed by atoms with Crippen molar-refractivity contribution in [3.05, 3.63) is 33.8 Å². The van der Waals surface area contributed by atoms with Crippen LogP contribution < -0.4 is 5.32 Å². The van der Waals surface area contributed by atoms with Gasteiger partial charge in [0.05, 0.1) is 16.7 Å². The van der Waals surface area contributed by atoms with E-state index in [1.807, 2.05) is 12.1 Å². The molecule has 1 aromatic carbocycles. The summed E-state index contributed by atoms with van der Waals surface area (Å²) in [4.78, 5) is 0. The van der Waals surface area contributed by atoms with Crippen molar-refractivity contribution in [1.82, 2.24) is 5.32 Å². The molecule has 1 aromatic rings. The Balaban J connectivity index is 1.89. The van der Waals surface area contributed by atoms with Crippen LogP contribution in [0.4, 0.5) is 0 Å². The molecule has 0 spiro atoms. The molecule has 0 amide bonds. The largest absolute Gasteiger partial charge is 0.384 e. The number of methoxy groups -OCH3 is 1. The summed E-state index contributed by atoms with van der Waals surface area (Å²) < 4.78 is 5.44. The summed E-state index contributed by atoms with van der Waals surface area (Å²) in [6.07, 6.45) is 3.71. The molecule has 2 bridgehead atoms. The van der Waals surface area contributed by atoms with Gasteiger partial charge in [-0.3, -0.25) is 0 Å². The van der Waals surface area contributed by atoms with Crippen molar-refractivity contribution in [3.8, 4) is 0 Å². The van der Waals surface area contributed by atoms with Crippen molar-refractivity contribution in [3.63, 3.8) is 0 Å². The van der Waals surface area contributed by atoms with E-state index < -0.39 is 0 Å². The average Bonchev–Trinajstić information content (AvgIpc) is 2.79. The van der Waals surface area contributed by atoms with Crippen LogP contribution in [0.25, 0.3) is 0 Å². The van der Waals surface area contributed by atoms with Gasteiger partial charge >= 0.3 is 0 Å². The molecule has 4 unspecified atom stereocenters. The lowest BCUT2D eigenvalue weighted by Gasteiger charge is -2.37. The Morgan fingerprint density at radius 2 is 2.11 bits per heavy atom. The predicted molar refractivity (Wildman–Crippen MR) is 79.1 cm³/mol. The summed E-state index contributed by atoms with van der Waals surface area (Å²) in [5, 5.41) is 5.00. The highest BCUT2D eigenvalue weighted by Gasteiger charge is 2.41. The fraction of sp³-hybridized carbons (Fsp3) is 0.600. The van der Waals surface area contributed by atoms with E-state index in [1.165, 1.54) is 24.8 Å². The van der Waals surface area contributed by atoms with E-state index in [0.29, 0.717) is 34.0 Å². The lowest BCUT2D eigenvalue weighted by molar-refractivity contribution is 0.101. The first-order valence-corrected chi connectivity index (χ1v) is 7.64. The van der Waals surface area contributed by atoms with Crippen LogP contribution in [0, 0.1) is 5.92 Å². The first-order valence-electron chi connectivity index (χ1n) is 6.89. The first kappa shape index (κ1) is 13.7. The number of rotatable bonds is 3. The molecule has 0 radical (unpaired) electrons. The topological polar surface area (TPSA) is 21.3 Å². The summed E-state index contributed by atoms with van der Waals surface area (Å²) in [7, 11) is 1.78. The van der Waals surface area contributed by atoms with Crippen molar-refractivity contribution in [2.24, 2.45) is 5.92 Å². The molecule has 0 aromatic heterocycles. The van der Waals surface area contributed by atoms with Gasteiger partial charge in [0.1, 0.15) is 0 Å². The van der Waals surface area contributed by atoms with Crippen molar-refractivity contribution in [1.29, 1.82) is 0 Å². The van der Waals surface area contributed by atoms with Gasteiger partial charge in [-0.15, -0.1) is 0 Å². The second-order valence-corrected chi connectivity index (χ2v) is 6.50. The van der Waals surface area contributed by atoms with E-state index in [0.717, 1.165) is 6.61 Å². The minimum Gasteiger partial charge on any atom is -0.384 e. The zero-order valence-electron chi connectivity index (χ0n) is 11.0. The van der Waals surface area contributed by atoms with E-state index in [2.05, 4.69) is 11.4 Å². The van der Waals surface area contributed by atoms with E-state index in [4.69, 9.17) is 27.9 Å². The summed E-state index contributed by atoms with van der Waals surface area (Å²) in [6, 6.07) is 7.29. The summed E-state index contributed by atoms with van der Waals surface area (Å²) in [5.74, 6) is 1.05.